The molecule has 4 rings (SSSR count). The molecule has 2 aromatic carbocycles. The van der Waals surface area contributed by atoms with Gasteiger partial charge in [-0.25, -0.2) is 4.79 Å². The van der Waals surface area contributed by atoms with Gasteiger partial charge in [0.2, 0.25) is 5.91 Å². The van der Waals surface area contributed by atoms with E-state index in [0.29, 0.717) is 36.9 Å². The van der Waals surface area contributed by atoms with Crippen LogP contribution in [0.1, 0.15) is 52.0 Å². The Balaban J connectivity index is 1.47. The van der Waals surface area contributed by atoms with Crippen molar-refractivity contribution in [1.82, 2.24) is 10.2 Å². The molecule has 1 radical (unpaired) electrons. The molecule has 0 aromatic heterocycles. The maximum atomic E-state index is 12.4. The van der Waals surface area contributed by atoms with E-state index in [1.54, 1.807) is 0 Å². The first kappa shape index (κ1) is 28.7. The van der Waals surface area contributed by atoms with E-state index < -0.39 is 11.6 Å². The summed E-state index contributed by atoms with van der Waals surface area (Å²) in [4.78, 5) is 26.6. The Morgan fingerprint density at radius 3 is 2.54 bits per heavy atom. The number of benzene rings is 2. The van der Waals surface area contributed by atoms with E-state index >= 15 is 0 Å². The van der Waals surface area contributed by atoms with E-state index in [0.717, 1.165) is 49.3 Å². The van der Waals surface area contributed by atoms with Gasteiger partial charge in [-0.05, 0) is 107 Å². The van der Waals surface area contributed by atoms with Gasteiger partial charge < -0.3 is 24.3 Å². The van der Waals surface area contributed by atoms with Crippen molar-refractivity contribution in [2.45, 2.75) is 52.1 Å². The second kappa shape index (κ2) is 13.2. The lowest BCUT2D eigenvalue weighted by Gasteiger charge is -2.20. The lowest BCUT2D eigenvalue weighted by Crippen LogP contribution is -2.27. The molecule has 2 aromatic rings. The summed E-state index contributed by atoms with van der Waals surface area (Å²) in [7, 11) is 0. The van der Waals surface area contributed by atoms with Crippen molar-refractivity contribution in [3.8, 4) is 28.4 Å². The van der Waals surface area contributed by atoms with Gasteiger partial charge in [0.05, 0.1) is 6.61 Å². The van der Waals surface area contributed by atoms with E-state index in [4.69, 9.17) is 18.9 Å². The van der Waals surface area contributed by atoms with E-state index in [2.05, 4.69) is 17.1 Å². The molecule has 2 fully saturated rings. The van der Waals surface area contributed by atoms with Crippen LogP contribution in [0.3, 0.4) is 0 Å². The maximum absolute atomic E-state index is 12.4. The third-order valence-electron chi connectivity index (χ3n) is 6.86. The standard InChI is InChI=1S/C31H41N2O6/c1-22-7-9-25(36-17-12-23-11-13-32-30(23)35)20-26(22)24-8-10-27(37-18-16-33-14-5-6-15-33)28(19-24)38-21-29(34)39-31(2,3)4/h7-10,19-20,23H,1,5-6,11-18,21H2,2-4H3,(H,32,35). The van der Waals surface area contributed by atoms with E-state index in [-0.39, 0.29) is 18.4 Å². The highest BCUT2D eigenvalue weighted by Crippen LogP contribution is 2.36. The third-order valence-corrected chi connectivity index (χ3v) is 6.86. The lowest BCUT2D eigenvalue weighted by atomic mass is 9.99. The summed E-state index contributed by atoms with van der Waals surface area (Å²) in [5, 5.41) is 2.86. The topological polar surface area (TPSA) is 86.3 Å². The second-order valence-electron chi connectivity index (χ2n) is 11.2. The number of hydrogen-bond acceptors (Lipinski definition) is 7. The molecular weight excluding hydrogens is 496 g/mol. The van der Waals surface area contributed by atoms with Crippen molar-refractivity contribution < 1.29 is 28.5 Å². The molecule has 211 valence electrons. The largest absolute Gasteiger partial charge is 0.494 e. The van der Waals surface area contributed by atoms with Crippen LogP contribution in [0.15, 0.2) is 36.4 Å². The molecule has 1 unspecified atom stereocenters. The van der Waals surface area contributed by atoms with Crippen LogP contribution in [-0.2, 0) is 14.3 Å². The Hall–Kier alpha value is -3.26. The molecule has 8 heteroatoms. The maximum Gasteiger partial charge on any atom is 0.344 e. The normalized spacial score (nSPS) is 17.6. The number of carbonyl (C=O) groups is 2. The van der Waals surface area contributed by atoms with Crippen LogP contribution in [0.5, 0.6) is 17.2 Å². The van der Waals surface area contributed by atoms with Crippen molar-refractivity contribution in [2.75, 3.05) is 46.0 Å². The van der Waals surface area contributed by atoms with Crippen LogP contribution in [0.4, 0.5) is 0 Å². The van der Waals surface area contributed by atoms with Crippen LogP contribution >= 0.6 is 0 Å². The zero-order valence-corrected chi connectivity index (χ0v) is 23.4. The van der Waals surface area contributed by atoms with Gasteiger partial charge in [0.1, 0.15) is 18.0 Å². The lowest BCUT2D eigenvalue weighted by molar-refractivity contribution is -0.157. The number of nitrogens with one attached hydrogen (secondary N) is 1. The Morgan fingerprint density at radius 1 is 1.03 bits per heavy atom. The van der Waals surface area contributed by atoms with Crippen LogP contribution in [-0.4, -0.2) is 68.4 Å². The number of esters is 1. The van der Waals surface area contributed by atoms with Gasteiger partial charge in [-0.15, -0.1) is 0 Å². The zero-order valence-electron chi connectivity index (χ0n) is 23.4. The predicted octanol–water partition coefficient (Wildman–Crippen LogP) is 4.64. The van der Waals surface area contributed by atoms with Crippen LogP contribution in [0.2, 0.25) is 0 Å². The highest BCUT2D eigenvalue weighted by molar-refractivity contribution is 5.80. The first-order valence-corrected chi connectivity index (χ1v) is 13.9. The number of rotatable bonds is 12. The molecule has 2 saturated heterocycles. The van der Waals surface area contributed by atoms with Crippen LogP contribution < -0.4 is 19.5 Å². The first-order valence-electron chi connectivity index (χ1n) is 13.9. The molecule has 0 bridgehead atoms. The quantitative estimate of drug-likeness (QED) is 0.395. The SMILES string of the molecule is [CH2]c1ccc(OCCC2CCNC2=O)cc1-c1ccc(OCCN2CCCC2)c(OCC(=O)OC(C)(C)C)c1. The number of amides is 1. The smallest absolute Gasteiger partial charge is 0.344 e. The predicted molar refractivity (Wildman–Crippen MR) is 150 cm³/mol. The van der Waals surface area contributed by atoms with Crippen LogP contribution in [0.25, 0.3) is 11.1 Å². The zero-order chi connectivity index (χ0) is 27.8. The fraction of sp³-hybridized carbons (Fsp3) is 0.516. The number of hydrogen-bond donors (Lipinski definition) is 1. The molecule has 2 aliphatic heterocycles. The highest BCUT2D eigenvalue weighted by Gasteiger charge is 2.24. The third kappa shape index (κ3) is 8.62. The summed E-state index contributed by atoms with van der Waals surface area (Å²) in [5.74, 6) is 1.43. The van der Waals surface area contributed by atoms with Crippen molar-refractivity contribution >= 4 is 11.9 Å². The summed E-state index contributed by atoms with van der Waals surface area (Å²) in [6, 6.07) is 11.4. The molecule has 2 heterocycles. The molecular formula is C31H41N2O6. The molecule has 1 atom stereocenters. The molecule has 0 saturated carbocycles. The number of likely N-dealkylation sites (tertiary alicyclic amines) is 1. The molecule has 8 nitrogen and oxygen atoms in total. The van der Waals surface area contributed by atoms with Crippen molar-refractivity contribution in [1.29, 1.82) is 0 Å². The van der Waals surface area contributed by atoms with Gasteiger partial charge in [-0.2, -0.15) is 0 Å². The van der Waals surface area contributed by atoms with E-state index in [1.165, 1.54) is 12.8 Å². The van der Waals surface area contributed by atoms with Crippen LogP contribution in [0, 0.1) is 12.8 Å². The minimum absolute atomic E-state index is 0.0132. The molecule has 0 aliphatic carbocycles. The Labute approximate surface area is 231 Å². The minimum Gasteiger partial charge on any atom is -0.494 e. The summed E-state index contributed by atoms with van der Waals surface area (Å²) in [5.41, 5.74) is 1.99. The van der Waals surface area contributed by atoms with Gasteiger partial charge in [0.15, 0.2) is 18.1 Å². The summed E-state index contributed by atoms with van der Waals surface area (Å²) >= 11 is 0. The fourth-order valence-electron chi connectivity index (χ4n) is 4.86. The Morgan fingerprint density at radius 2 is 1.82 bits per heavy atom. The van der Waals surface area contributed by atoms with E-state index in [1.807, 2.05) is 57.2 Å². The average Bonchev–Trinajstić information content (AvgIpc) is 3.55. The van der Waals surface area contributed by atoms with E-state index in [9.17, 15) is 9.59 Å². The molecule has 1 N–H and O–H groups in total. The number of ether oxygens (including phenoxy) is 4. The summed E-state index contributed by atoms with van der Waals surface area (Å²) in [6.07, 6.45) is 3.99. The van der Waals surface area contributed by atoms with Gasteiger partial charge in [-0.1, -0.05) is 12.1 Å². The Kier molecular flexibility index (Phi) is 9.73. The molecule has 0 spiro atoms. The van der Waals surface area contributed by atoms with Crippen molar-refractivity contribution in [3.63, 3.8) is 0 Å². The minimum atomic E-state index is -0.595. The Bertz CT molecular complexity index is 1140. The van der Waals surface area contributed by atoms with Crippen molar-refractivity contribution in [3.05, 3.63) is 48.9 Å². The average molecular weight is 538 g/mol. The number of carbonyl (C=O) groups excluding carboxylic acids is 2. The molecule has 2 aliphatic rings. The van der Waals surface area contributed by atoms with Gasteiger partial charge in [0.25, 0.3) is 0 Å². The second-order valence-corrected chi connectivity index (χ2v) is 11.2. The molecule has 1 amide bonds. The molecule has 39 heavy (non-hydrogen) atoms. The van der Waals surface area contributed by atoms with Crippen molar-refractivity contribution in [2.24, 2.45) is 5.92 Å². The first-order chi connectivity index (χ1) is 18.7. The number of nitrogens with zero attached hydrogens (tertiary/aromatic N) is 1. The highest BCUT2D eigenvalue weighted by atomic mass is 16.6. The summed E-state index contributed by atoms with van der Waals surface area (Å²) < 4.78 is 23.4. The van der Waals surface area contributed by atoms with Gasteiger partial charge >= 0.3 is 5.97 Å². The monoisotopic (exact) mass is 537 g/mol. The van der Waals surface area contributed by atoms with Gasteiger partial charge in [-0.3, -0.25) is 9.69 Å². The fourth-order valence-corrected chi connectivity index (χ4v) is 4.86. The summed E-state index contributed by atoms with van der Waals surface area (Å²) in [6.45, 7) is 14.2. The van der Waals surface area contributed by atoms with Gasteiger partial charge in [0, 0.05) is 19.0 Å².